The molecule has 0 aromatic heterocycles. The Morgan fingerprint density at radius 2 is 1.50 bits per heavy atom. The van der Waals surface area contributed by atoms with Crippen LogP contribution in [0.4, 0.5) is 0 Å². The Kier molecular flexibility index (Phi) is 0.984. The SMILES string of the molecule is C1CC2CC(C1)N2C1CC1. The van der Waals surface area contributed by atoms with Gasteiger partial charge in [0.2, 0.25) is 0 Å². The summed E-state index contributed by atoms with van der Waals surface area (Å²) >= 11 is 0. The van der Waals surface area contributed by atoms with Crippen molar-refractivity contribution in [2.24, 2.45) is 0 Å². The molecular formula is C9H15N. The van der Waals surface area contributed by atoms with Gasteiger partial charge in [0.1, 0.15) is 0 Å². The second-order valence-corrected chi connectivity index (χ2v) is 4.15. The Labute approximate surface area is 62.4 Å². The first-order valence-electron chi connectivity index (χ1n) is 4.72. The topological polar surface area (TPSA) is 3.24 Å². The molecule has 0 aromatic rings. The molecule has 0 radical (unpaired) electrons. The third-order valence-corrected chi connectivity index (χ3v) is 3.43. The third kappa shape index (κ3) is 0.619. The fourth-order valence-corrected chi connectivity index (χ4v) is 2.81. The van der Waals surface area contributed by atoms with Gasteiger partial charge in [-0.15, -0.1) is 0 Å². The van der Waals surface area contributed by atoms with Crippen LogP contribution in [0, 0.1) is 0 Å². The summed E-state index contributed by atoms with van der Waals surface area (Å²) in [5, 5.41) is 0. The van der Waals surface area contributed by atoms with Crippen molar-refractivity contribution in [2.75, 3.05) is 0 Å². The van der Waals surface area contributed by atoms with Crippen molar-refractivity contribution in [3.05, 3.63) is 0 Å². The van der Waals surface area contributed by atoms with E-state index in [0.29, 0.717) is 0 Å². The Morgan fingerprint density at radius 3 is 2.00 bits per heavy atom. The van der Waals surface area contributed by atoms with Crippen molar-refractivity contribution < 1.29 is 0 Å². The molecule has 2 unspecified atom stereocenters. The van der Waals surface area contributed by atoms with Crippen molar-refractivity contribution in [1.29, 1.82) is 0 Å². The average Bonchev–Trinajstić information content (AvgIpc) is 2.73. The first kappa shape index (κ1) is 5.59. The lowest BCUT2D eigenvalue weighted by atomic mass is 9.79. The van der Waals surface area contributed by atoms with Crippen molar-refractivity contribution in [3.8, 4) is 0 Å². The normalized spacial score (nSPS) is 46.8. The van der Waals surface area contributed by atoms with E-state index in [1.807, 2.05) is 0 Å². The summed E-state index contributed by atoms with van der Waals surface area (Å²) in [5.74, 6) is 0. The van der Waals surface area contributed by atoms with Crippen molar-refractivity contribution in [3.63, 3.8) is 0 Å². The van der Waals surface area contributed by atoms with E-state index >= 15 is 0 Å². The zero-order valence-corrected chi connectivity index (χ0v) is 6.42. The lowest BCUT2D eigenvalue weighted by Gasteiger charge is -2.53. The predicted octanol–water partition coefficient (Wildman–Crippen LogP) is 1.78. The van der Waals surface area contributed by atoms with Crippen LogP contribution in [0.5, 0.6) is 0 Å². The van der Waals surface area contributed by atoms with Gasteiger partial charge in [0.05, 0.1) is 0 Å². The van der Waals surface area contributed by atoms with Crippen molar-refractivity contribution in [1.82, 2.24) is 4.90 Å². The van der Waals surface area contributed by atoms with Gasteiger partial charge in [-0.3, -0.25) is 4.90 Å². The molecule has 2 saturated heterocycles. The highest BCUT2D eigenvalue weighted by Gasteiger charge is 2.47. The molecule has 2 aliphatic heterocycles. The Balaban J connectivity index is 1.74. The van der Waals surface area contributed by atoms with Crippen LogP contribution in [0.2, 0.25) is 0 Å². The molecular weight excluding hydrogens is 122 g/mol. The maximum Gasteiger partial charge on any atom is 0.0116 e. The second kappa shape index (κ2) is 1.76. The van der Waals surface area contributed by atoms with Crippen LogP contribution in [0.3, 0.4) is 0 Å². The van der Waals surface area contributed by atoms with E-state index in [1.54, 1.807) is 0 Å². The summed E-state index contributed by atoms with van der Waals surface area (Å²) in [4.78, 5) is 2.81. The fourth-order valence-electron chi connectivity index (χ4n) is 2.81. The summed E-state index contributed by atoms with van der Waals surface area (Å²) < 4.78 is 0. The lowest BCUT2D eigenvalue weighted by molar-refractivity contribution is -0.0343. The smallest absolute Gasteiger partial charge is 0.0116 e. The van der Waals surface area contributed by atoms with Gasteiger partial charge in [-0.2, -0.15) is 0 Å². The van der Waals surface area contributed by atoms with Gasteiger partial charge in [-0.05, 0) is 32.1 Å². The Hall–Kier alpha value is -0.0400. The predicted molar refractivity (Wildman–Crippen MR) is 40.9 cm³/mol. The standard InChI is InChI=1S/C9H15N/c1-2-8-6-9(3-1)10(8)7-4-5-7/h7-9H,1-6H2. The first-order chi connectivity index (χ1) is 4.95. The van der Waals surface area contributed by atoms with Gasteiger partial charge in [0, 0.05) is 18.1 Å². The highest BCUT2D eigenvalue weighted by molar-refractivity contribution is 5.03. The molecule has 1 nitrogen and oxygen atoms in total. The number of fused-ring (bicyclic) bond motifs is 2. The summed E-state index contributed by atoms with van der Waals surface area (Å²) in [6, 6.07) is 3.11. The van der Waals surface area contributed by atoms with Crippen LogP contribution < -0.4 is 0 Å². The highest BCUT2D eigenvalue weighted by atomic mass is 15.3. The van der Waals surface area contributed by atoms with E-state index < -0.39 is 0 Å². The van der Waals surface area contributed by atoms with Gasteiger partial charge in [-0.25, -0.2) is 0 Å². The summed E-state index contributed by atoms with van der Waals surface area (Å²) in [6.45, 7) is 0. The molecule has 4 aliphatic rings. The molecule has 1 heteroatoms. The molecule has 56 valence electrons. The maximum atomic E-state index is 2.81. The molecule has 2 saturated carbocycles. The molecule has 0 aromatic carbocycles. The minimum atomic E-state index is 1.03. The van der Waals surface area contributed by atoms with Crippen LogP contribution >= 0.6 is 0 Å². The van der Waals surface area contributed by atoms with Crippen LogP contribution in [0.1, 0.15) is 38.5 Å². The molecule has 10 heavy (non-hydrogen) atoms. The molecule has 0 N–H and O–H groups in total. The third-order valence-electron chi connectivity index (χ3n) is 3.43. The maximum absolute atomic E-state index is 2.81. The van der Waals surface area contributed by atoms with Gasteiger partial charge in [0.25, 0.3) is 0 Å². The monoisotopic (exact) mass is 137 g/mol. The van der Waals surface area contributed by atoms with Gasteiger partial charge in [0.15, 0.2) is 0 Å². The minimum Gasteiger partial charge on any atom is -0.294 e. The van der Waals surface area contributed by atoms with E-state index in [9.17, 15) is 0 Å². The second-order valence-electron chi connectivity index (χ2n) is 4.15. The molecule has 2 atom stereocenters. The highest BCUT2D eigenvalue weighted by Crippen LogP contribution is 2.45. The number of piperidine rings is 1. The fraction of sp³-hybridized carbons (Fsp3) is 1.00. The number of nitrogens with zero attached hydrogens (tertiary/aromatic N) is 1. The molecule has 2 heterocycles. The number of rotatable bonds is 1. The largest absolute Gasteiger partial charge is 0.294 e. The van der Waals surface area contributed by atoms with Crippen LogP contribution in [0.25, 0.3) is 0 Å². The molecule has 2 bridgehead atoms. The van der Waals surface area contributed by atoms with Crippen molar-refractivity contribution in [2.45, 2.75) is 56.7 Å². The van der Waals surface area contributed by atoms with E-state index in [1.165, 1.54) is 38.5 Å². The van der Waals surface area contributed by atoms with E-state index in [2.05, 4.69) is 4.90 Å². The Morgan fingerprint density at radius 1 is 0.800 bits per heavy atom. The molecule has 2 aliphatic carbocycles. The molecule has 4 rings (SSSR count). The van der Waals surface area contributed by atoms with Crippen LogP contribution in [0.15, 0.2) is 0 Å². The van der Waals surface area contributed by atoms with Crippen molar-refractivity contribution >= 4 is 0 Å². The zero-order valence-electron chi connectivity index (χ0n) is 6.42. The lowest BCUT2D eigenvalue weighted by Crippen LogP contribution is -2.59. The quantitative estimate of drug-likeness (QED) is 0.532. The number of hydrogen-bond acceptors (Lipinski definition) is 1. The summed E-state index contributed by atoms with van der Waals surface area (Å²) in [7, 11) is 0. The van der Waals surface area contributed by atoms with E-state index in [-0.39, 0.29) is 0 Å². The number of hydrogen-bond donors (Lipinski definition) is 0. The first-order valence-corrected chi connectivity index (χ1v) is 4.72. The Bertz CT molecular complexity index is 137. The van der Waals surface area contributed by atoms with Gasteiger partial charge < -0.3 is 0 Å². The average molecular weight is 137 g/mol. The van der Waals surface area contributed by atoms with Crippen LogP contribution in [-0.2, 0) is 0 Å². The van der Waals surface area contributed by atoms with E-state index in [0.717, 1.165) is 18.1 Å². The zero-order chi connectivity index (χ0) is 6.55. The van der Waals surface area contributed by atoms with Crippen LogP contribution in [-0.4, -0.2) is 23.0 Å². The summed E-state index contributed by atoms with van der Waals surface area (Å²) in [5.41, 5.74) is 0. The van der Waals surface area contributed by atoms with Gasteiger partial charge >= 0.3 is 0 Å². The van der Waals surface area contributed by atoms with E-state index in [4.69, 9.17) is 0 Å². The summed E-state index contributed by atoms with van der Waals surface area (Å²) in [6.07, 6.45) is 9.08. The molecule has 4 fully saturated rings. The van der Waals surface area contributed by atoms with Gasteiger partial charge in [-0.1, -0.05) is 6.42 Å². The molecule has 0 spiro atoms. The molecule has 0 amide bonds. The minimum absolute atomic E-state index is 1.03.